The maximum Gasteiger partial charge on any atom is 0.240 e. The van der Waals surface area contributed by atoms with Crippen LogP contribution in [0.25, 0.3) is 11.3 Å². The molecule has 0 radical (unpaired) electrons. The monoisotopic (exact) mass is 343 g/mol. The van der Waals surface area contributed by atoms with Crippen LogP contribution in [-0.2, 0) is 4.79 Å². The Kier molecular flexibility index (Phi) is 4.57. The van der Waals surface area contributed by atoms with E-state index in [4.69, 9.17) is 10.4 Å². The summed E-state index contributed by atoms with van der Waals surface area (Å²) in [5.41, 5.74) is 2.44. The van der Waals surface area contributed by atoms with E-state index in [1.165, 1.54) is 16.4 Å². The number of imidazole rings is 1. The molecule has 8 heteroatoms. The molecule has 3 N–H and O–H groups in total. The predicted octanol–water partition coefficient (Wildman–Crippen LogP) is 2.68. The zero-order valence-electron chi connectivity index (χ0n) is 13.3. The van der Waals surface area contributed by atoms with E-state index < -0.39 is 5.25 Å². The van der Waals surface area contributed by atoms with Crippen molar-refractivity contribution in [3.63, 3.8) is 0 Å². The van der Waals surface area contributed by atoms with Gasteiger partial charge in [-0.3, -0.25) is 10.1 Å². The number of thioether (sulfide) groups is 1. The lowest BCUT2D eigenvalue weighted by Crippen LogP contribution is -2.23. The van der Waals surface area contributed by atoms with Gasteiger partial charge in [-0.2, -0.15) is 0 Å². The third-order valence-corrected chi connectivity index (χ3v) is 4.37. The molecule has 7 nitrogen and oxygen atoms in total. The molecule has 24 heavy (non-hydrogen) atoms. The van der Waals surface area contributed by atoms with Crippen LogP contribution >= 0.6 is 11.8 Å². The van der Waals surface area contributed by atoms with E-state index in [1.807, 2.05) is 30.3 Å². The summed E-state index contributed by atoms with van der Waals surface area (Å²) in [4.78, 5) is 16.7. The van der Waals surface area contributed by atoms with E-state index in [9.17, 15) is 4.79 Å². The fourth-order valence-corrected chi connectivity index (χ4v) is 2.88. The number of nitrogen functional groups attached to an aromatic ring is 1. The average Bonchev–Trinajstić information content (AvgIpc) is 3.14. The highest BCUT2D eigenvalue weighted by molar-refractivity contribution is 8.00. The molecule has 2 heterocycles. The van der Waals surface area contributed by atoms with Crippen LogP contribution in [0.5, 0.6) is 0 Å². The molecule has 1 amide bonds. The molecule has 0 aliphatic carbocycles. The summed E-state index contributed by atoms with van der Waals surface area (Å²) in [6, 6.07) is 11.4. The molecule has 2 aromatic heterocycles. The average molecular weight is 343 g/mol. The maximum absolute atomic E-state index is 12.2. The first-order valence-corrected chi connectivity index (χ1v) is 8.21. The van der Waals surface area contributed by atoms with Crippen LogP contribution in [0, 0.1) is 6.92 Å². The lowest BCUT2D eigenvalue weighted by molar-refractivity contribution is -0.115. The molecule has 1 aromatic carbocycles. The van der Waals surface area contributed by atoms with Gasteiger partial charge in [0, 0.05) is 11.6 Å². The summed E-state index contributed by atoms with van der Waals surface area (Å²) >= 11 is 1.27. The molecule has 0 aliphatic heterocycles. The Hall–Kier alpha value is -2.74. The highest BCUT2D eigenvalue weighted by atomic mass is 32.2. The number of carbonyl (C=O) groups is 1. The summed E-state index contributed by atoms with van der Waals surface area (Å²) in [6.45, 7) is 3.56. The van der Waals surface area contributed by atoms with Crippen LogP contribution in [0.4, 0.5) is 5.88 Å². The molecular weight excluding hydrogens is 326 g/mol. The van der Waals surface area contributed by atoms with Gasteiger partial charge in [0.1, 0.15) is 0 Å². The fraction of sp³-hybridized carbons (Fsp3) is 0.188. The number of hydrogen-bond acceptors (Lipinski definition) is 6. The minimum atomic E-state index is -0.399. The van der Waals surface area contributed by atoms with Gasteiger partial charge in [0.25, 0.3) is 0 Å². The van der Waals surface area contributed by atoms with E-state index >= 15 is 0 Å². The number of nitrogens with two attached hydrogens (primary N) is 1. The van der Waals surface area contributed by atoms with Crippen molar-refractivity contribution >= 4 is 23.6 Å². The summed E-state index contributed by atoms with van der Waals surface area (Å²) in [7, 11) is 0. The van der Waals surface area contributed by atoms with Crippen LogP contribution in [0.1, 0.15) is 12.6 Å². The van der Waals surface area contributed by atoms with E-state index in [2.05, 4.69) is 15.5 Å². The smallest absolute Gasteiger partial charge is 0.240 e. The first kappa shape index (κ1) is 16.1. The van der Waals surface area contributed by atoms with Crippen LogP contribution in [0.3, 0.4) is 0 Å². The molecule has 0 saturated carbocycles. The van der Waals surface area contributed by atoms with Gasteiger partial charge in [0.2, 0.25) is 11.8 Å². The summed E-state index contributed by atoms with van der Waals surface area (Å²) in [5.74, 6) is 6.07. The number of nitrogens with zero attached hydrogens (tertiary/aromatic N) is 3. The quantitative estimate of drug-likeness (QED) is 0.546. The Labute approximate surface area is 143 Å². The van der Waals surface area contributed by atoms with Crippen molar-refractivity contribution in [2.24, 2.45) is 0 Å². The van der Waals surface area contributed by atoms with E-state index in [1.54, 1.807) is 26.1 Å². The Balaban J connectivity index is 1.69. The van der Waals surface area contributed by atoms with Gasteiger partial charge in [-0.15, -0.1) is 0 Å². The van der Waals surface area contributed by atoms with E-state index in [0.717, 1.165) is 11.3 Å². The number of anilines is 1. The lowest BCUT2D eigenvalue weighted by Gasteiger charge is -2.09. The predicted molar refractivity (Wildman–Crippen MR) is 93.0 cm³/mol. The number of nitrogens with one attached hydrogen (secondary N) is 1. The number of aromatic nitrogens is 3. The highest BCUT2D eigenvalue weighted by Crippen LogP contribution is 2.26. The number of rotatable bonds is 5. The zero-order valence-corrected chi connectivity index (χ0v) is 14.1. The molecular formula is C16H17N5O2S. The number of hydrogen-bond donors (Lipinski definition) is 2. The SMILES string of the molecule is Cc1cc(NC(=O)C(C)Sc2nc(-c3ccccc3)cn2N)on1. The minimum Gasteiger partial charge on any atom is -0.338 e. The second-order valence-corrected chi connectivity index (χ2v) is 6.57. The topological polar surface area (TPSA) is 99.0 Å². The second-order valence-electron chi connectivity index (χ2n) is 5.26. The highest BCUT2D eigenvalue weighted by Gasteiger charge is 2.19. The van der Waals surface area contributed by atoms with Crippen LogP contribution in [0.2, 0.25) is 0 Å². The van der Waals surface area contributed by atoms with E-state index in [0.29, 0.717) is 16.7 Å². The number of aryl methyl sites for hydroxylation is 1. The fourth-order valence-electron chi connectivity index (χ4n) is 2.07. The maximum atomic E-state index is 12.2. The molecule has 3 aromatic rings. The van der Waals surface area contributed by atoms with Crippen molar-refractivity contribution in [2.75, 3.05) is 11.2 Å². The Morgan fingerprint density at radius 2 is 2.12 bits per heavy atom. The molecule has 3 rings (SSSR count). The van der Waals surface area contributed by atoms with Crippen molar-refractivity contribution in [3.05, 3.63) is 48.3 Å². The van der Waals surface area contributed by atoms with Gasteiger partial charge in [0.05, 0.1) is 22.8 Å². The van der Waals surface area contributed by atoms with Gasteiger partial charge in [-0.25, -0.2) is 9.66 Å². The lowest BCUT2D eigenvalue weighted by atomic mass is 10.2. The van der Waals surface area contributed by atoms with Crippen molar-refractivity contribution in [3.8, 4) is 11.3 Å². The molecule has 0 aliphatic rings. The van der Waals surface area contributed by atoms with Gasteiger partial charge in [-0.05, 0) is 13.8 Å². The van der Waals surface area contributed by atoms with Crippen LogP contribution in [-0.4, -0.2) is 26.0 Å². The van der Waals surface area contributed by atoms with Crippen molar-refractivity contribution in [1.29, 1.82) is 0 Å². The molecule has 0 saturated heterocycles. The standard InChI is InChI=1S/C16H17N5O2S/c1-10-8-14(23-20-10)19-15(22)11(2)24-16-18-13(9-21(16)17)12-6-4-3-5-7-12/h3-9,11H,17H2,1-2H3,(H,19,22). The largest absolute Gasteiger partial charge is 0.338 e. The minimum absolute atomic E-state index is 0.208. The van der Waals surface area contributed by atoms with Gasteiger partial charge in [-0.1, -0.05) is 47.3 Å². The van der Waals surface area contributed by atoms with Crippen molar-refractivity contribution < 1.29 is 9.32 Å². The van der Waals surface area contributed by atoms with Crippen molar-refractivity contribution in [2.45, 2.75) is 24.3 Å². The van der Waals surface area contributed by atoms with Gasteiger partial charge >= 0.3 is 0 Å². The van der Waals surface area contributed by atoms with Crippen LogP contribution in [0.15, 0.2) is 52.3 Å². The van der Waals surface area contributed by atoms with Crippen LogP contribution < -0.4 is 11.2 Å². The first-order chi connectivity index (χ1) is 11.5. The first-order valence-electron chi connectivity index (χ1n) is 7.33. The molecule has 0 fully saturated rings. The van der Waals surface area contributed by atoms with Crippen molar-refractivity contribution in [1.82, 2.24) is 14.8 Å². The zero-order chi connectivity index (χ0) is 17.1. The number of carbonyl (C=O) groups excluding carboxylic acids is 1. The summed E-state index contributed by atoms with van der Waals surface area (Å²) in [6.07, 6.45) is 1.74. The van der Waals surface area contributed by atoms with Gasteiger partial charge in [0.15, 0.2) is 5.16 Å². The molecule has 0 spiro atoms. The number of amides is 1. The Morgan fingerprint density at radius 1 is 1.38 bits per heavy atom. The Morgan fingerprint density at radius 3 is 2.79 bits per heavy atom. The Bertz CT molecular complexity index is 843. The third-order valence-electron chi connectivity index (χ3n) is 3.29. The molecule has 124 valence electrons. The summed E-state index contributed by atoms with van der Waals surface area (Å²) < 4.78 is 6.41. The normalized spacial score (nSPS) is 12.1. The molecule has 0 bridgehead atoms. The van der Waals surface area contributed by atoms with Gasteiger partial charge < -0.3 is 10.4 Å². The molecule has 1 unspecified atom stereocenters. The third kappa shape index (κ3) is 3.60. The van der Waals surface area contributed by atoms with E-state index in [-0.39, 0.29) is 5.91 Å². The summed E-state index contributed by atoms with van der Waals surface area (Å²) in [5, 5.41) is 6.57. The second kappa shape index (κ2) is 6.79. The molecule has 1 atom stereocenters. The number of benzene rings is 1.